The van der Waals surface area contributed by atoms with Crippen molar-refractivity contribution >= 4 is 28.9 Å². The summed E-state index contributed by atoms with van der Waals surface area (Å²) in [4.78, 5) is 14.8. The molecule has 3 aromatic rings. The molecule has 7 heteroatoms. The highest BCUT2D eigenvalue weighted by Crippen LogP contribution is 2.41. The summed E-state index contributed by atoms with van der Waals surface area (Å²) in [6, 6.07) is 16.0. The van der Waals surface area contributed by atoms with Crippen LogP contribution in [-0.4, -0.2) is 18.1 Å². The van der Waals surface area contributed by atoms with Gasteiger partial charge in [0.05, 0.1) is 17.7 Å². The fourth-order valence-electron chi connectivity index (χ4n) is 3.26. The van der Waals surface area contributed by atoms with Crippen LogP contribution in [0.5, 0.6) is 11.5 Å². The quantitative estimate of drug-likeness (QED) is 0.654. The Bertz CT molecular complexity index is 1060. The molecular weight excluding hydrogens is 383 g/mol. The third-order valence-electron chi connectivity index (χ3n) is 4.62. The molecule has 2 N–H and O–H groups in total. The Kier molecular flexibility index (Phi) is 4.57. The lowest BCUT2D eigenvalue weighted by atomic mass is 10.0. The van der Waals surface area contributed by atoms with Crippen molar-refractivity contribution in [2.24, 2.45) is 0 Å². The molecule has 0 unspecified atom stereocenters. The molecule has 28 heavy (non-hydrogen) atoms. The Labute approximate surface area is 165 Å². The predicted molar refractivity (Wildman–Crippen MR) is 106 cm³/mol. The molecule has 1 heterocycles. The van der Waals surface area contributed by atoms with Crippen molar-refractivity contribution in [3.63, 3.8) is 0 Å². The molecule has 0 saturated heterocycles. The lowest BCUT2D eigenvalue weighted by molar-refractivity contribution is 0.0975. The van der Waals surface area contributed by atoms with Crippen molar-refractivity contribution in [1.29, 1.82) is 0 Å². The van der Waals surface area contributed by atoms with Crippen molar-refractivity contribution in [2.75, 3.05) is 17.3 Å². The first-order chi connectivity index (χ1) is 13.5. The van der Waals surface area contributed by atoms with E-state index in [4.69, 9.17) is 16.3 Å². The van der Waals surface area contributed by atoms with Crippen LogP contribution in [0.15, 0.2) is 60.7 Å². The minimum atomic E-state index is -0.639. The first-order valence-electron chi connectivity index (χ1n) is 8.50. The summed E-state index contributed by atoms with van der Waals surface area (Å²) in [6.07, 6.45) is -0.639. The number of nitrogens with zero attached hydrogens (tertiary/aromatic N) is 1. The Hall–Kier alpha value is -3.25. The second-order valence-corrected chi connectivity index (χ2v) is 6.70. The van der Waals surface area contributed by atoms with Gasteiger partial charge in [0.2, 0.25) is 0 Å². The number of aromatic hydroxyl groups is 1. The number of nitrogens with one attached hydrogen (secondary N) is 1. The molecule has 1 aliphatic heterocycles. The van der Waals surface area contributed by atoms with Crippen LogP contribution >= 0.6 is 11.6 Å². The van der Waals surface area contributed by atoms with E-state index in [1.54, 1.807) is 24.3 Å². The van der Waals surface area contributed by atoms with Crippen molar-refractivity contribution in [2.45, 2.75) is 6.17 Å². The number of phenolic OH excluding ortho intramolecular Hbond substituents is 1. The molecule has 1 amide bonds. The lowest BCUT2D eigenvalue weighted by Crippen LogP contribution is -2.43. The summed E-state index contributed by atoms with van der Waals surface area (Å²) in [7, 11) is 1.42. The van der Waals surface area contributed by atoms with E-state index >= 15 is 0 Å². The fourth-order valence-corrected chi connectivity index (χ4v) is 3.48. The highest BCUT2D eigenvalue weighted by molar-refractivity contribution is 6.32. The molecule has 1 atom stereocenters. The van der Waals surface area contributed by atoms with Gasteiger partial charge in [-0.25, -0.2) is 4.39 Å². The zero-order valence-electron chi connectivity index (χ0n) is 14.8. The van der Waals surface area contributed by atoms with Gasteiger partial charge in [-0.15, -0.1) is 0 Å². The lowest BCUT2D eigenvalue weighted by Gasteiger charge is -2.38. The van der Waals surface area contributed by atoms with E-state index in [9.17, 15) is 14.3 Å². The number of methoxy groups -OCH3 is 1. The number of benzene rings is 3. The molecule has 1 aliphatic rings. The van der Waals surface area contributed by atoms with Gasteiger partial charge in [0.25, 0.3) is 5.91 Å². The number of ether oxygens (including phenoxy) is 1. The maximum atomic E-state index is 13.4. The number of phenols is 1. The second-order valence-electron chi connectivity index (χ2n) is 6.30. The summed E-state index contributed by atoms with van der Waals surface area (Å²) in [6.45, 7) is 0. The van der Waals surface area contributed by atoms with Crippen molar-refractivity contribution < 1.29 is 19.0 Å². The Morgan fingerprint density at radius 3 is 2.57 bits per heavy atom. The van der Waals surface area contributed by atoms with Crippen LogP contribution in [0.3, 0.4) is 0 Å². The molecule has 0 bridgehead atoms. The number of carbonyl (C=O) groups excluding carboxylic acids is 1. The first kappa shape index (κ1) is 18.1. The number of halogens is 2. The number of para-hydroxylation sites is 1. The molecule has 142 valence electrons. The maximum Gasteiger partial charge on any atom is 0.262 e. The topological polar surface area (TPSA) is 61.8 Å². The Balaban J connectivity index is 1.89. The number of carbonyl (C=O) groups is 1. The summed E-state index contributed by atoms with van der Waals surface area (Å²) < 4.78 is 18.6. The predicted octanol–water partition coefficient (Wildman–Crippen LogP) is 4.96. The number of fused-ring (bicyclic) bond motifs is 1. The zero-order valence-corrected chi connectivity index (χ0v) is 15.6. The third-order valence-corrected chi connectivity index (χ3v) is 4.91. The van der Waals surface area contributed by atoms with Crippen LogP contribution in [0.1, 0.15) is 22.1 Å². The fraction of sp³-hybridized carbons (Fsp3) is 0.0952. The molecule has 3 aromatic carbocycles. The standard InChI is InChI=1S/C21H16ClFN2O3/c1-28-18-11-12(10-16(22)19(18)26)20-24-17-5-3-2-4-15(17)21(27)25(20)14-8-6-13(23)7-9-14/h2-11,20,24,26H,1H3/t20-/m1/s1. The minimum Gasteiger partial charge on any atom is -0.503 e. The number of hydrogen-bond acceptors (Lipinski definition) is 4. The van der Waals surface area contributed by atoms with E-state index in [2.05, 4.69) is 5.32 Å². The number of anilines is 2. The van der Waals surface area contributed by atoms with Crippen LogP contribution in [0, 0.1) is 5.82 Å². The van der Waals surface area contributed by atoms with Gasteiger partial charge in [-0.1, -0.05) is 23.7 Å². The SMILES string of the molecule is COc1cc([C@@H]2Nc3ccccc3C(=O)N2c2ccc(F)cc2)cc(Cl)c1O. The van der Waals surface area contributed by atoms with Gasteiger partial charge >= 0.3 is 0 Å². The van der Waals surface area contributed by atoms with Gasteiger partial charge in [-0.2, -0.15) is 0 Å². The molecule has 0 radical (unpaired) electrons. The highest BCUT2D eigenvalue weighted by atomic mass is 35.5. The van der Waals surface area contributed by atoms with Crippen molar-refractivity contribution in [3.8, 4) is 11.5 Å². The number of amides is 1. The average molecular weight is 399 g/mol. The van der Waals surface area contributed by atoms with Gasteiger partial charge in [-0.05, 0) is 48.5 Å². The normalized spacial score (nSPS) is 15.8. The van der Waals surface area contributed by atoms with E-state index in [1.165, 1.54) is 36.3 Å². The van der Waals surface area contributed by atoms with Crippen LogP contribution in [0.25, 0.3) is 0 Å². The molecule has 5 nitrogen and oxygen atoms in total. The summed E-state index contributed by atoms with van der Waals surface area (Å²) >= 11 is 6.16. The first-order valence-corrected chi connectivity index (χ1v) is 8.88. The highest BCUT2D eigenvalue weighted by Gasteiger charge is 2.34. The van der Waals surface area contributed by atoms with Gasteiger partial charge in [0.1, 0.15) is 12.0 Å². The summed E-state index contributed by atoms with van der Waals surface area (Å²) in [5, 5.41) is 13.5. The molecule has 0 aromatic heterocycles. The minimum absolute atomic E-state index is 0.0986. The molecule has 4 rings (SSSR count). The van der Waals surface area contributed by atoms with E-state index in [0.29, 0.717) is 22.5 Å². The molecule has 0 spiro atoms. The number of rotatable bonds is 3. The summed E-state index contributed by atoms with van der Waals surface area (Å²) in [5.41, 5.74) is 2.28. The van der Waals surface area contributed by atoms with Gasteiger partial charge < -0.3 is 15.2 Å². The van der Waals surface area contributed by atoms with Crippen LogP contribution in [0.2, 0.25) is 5.02 Å². The van der Waals surface area contributed by atoms with Gasteiger partial charge in [-0.3, -0.25) is 9.69 Å². The maximum absolute atomic E-state index is 13.4. The zero-order chi connectivity index (χ0) is 19.8. The van der Waals surface area contributed by atoms with E-state index in [-0.39, 0.29) is 22.4 Å². The van der Waals surface area contributed by atoms with Crippen LogP contribution < -0.4 is 15.0 Å². The van der Waals surface area contributed by atoms with E-state index in [0.717, 1.165) is 0 Å². The van der Waals surface area contributed by atoms with Gasteiger partial charge in [0.15, 0.2) is 11.5 Å². The third kappa shape index (κ3) is 3.01. The van der Waals surface area contributed by atoms with Crippen LogP contribution in [-0.2, 0) is 0 Å². The van der Waals surface area contributed by atoms with Crippen molar-refractivity contribution in [1.82, 2.24) is 0 Å². The van der Waals surface area contributed by atoms with E-state index < -0.39 is 12.0 Å². The van der Waals surface area contributed by atoms with Crippen LogP contribution in [0.4, 0.5) is 15.8 Å². The average Bonchev–Trinajstić information content (AvgIpc) is 2.71. The van der Waals surface area contributed by atoms with E-state index in [1.807, 2.05) is 12.1 Å². The summed E-state index contributed by atoms with van der Waals surface area (Å²) in [5.74, 6) is -0.625. The van der Waals surface area contributed by atoms with Crippen molar-refractivity contribution in [3.05, 3.63) is 82.6 Å². The monoisotopic (exact) mass is 398 g/mol. The largest absolute Gasteiger partial charge is 0.503 e. The molecular formula is C21H16ClFN2O3. The smallest absolute Gasteiger partial charge is 0.262 e. The Morgan fingerprint density at radius 2 is 1.86 bits per heavy atom. The molecule has 0 saturated carbocycles. The second kappa shape index (κ2) is 7.05. The number of hydrogen-bond donors (Lipinski definition) is 2. The molecule has 0 aliphatic carbocycles. The molecule has 0 fully saturated rings. The van der Waals surface area contributed by atoms with Gasteiger partial charge in [0, 0.05) is 16.9 Å². The Morgan fingerprint density at radius 1 is 1.14 bits per heavy atom.